The molecule has 2 aromatic heterocycles. The summed E-state index contributed by atoms with van der Waals surface area (Å²) in [6.07, 6.45) is 3.25. The van der Waals surface area contributed by atoms with E-state index in [1.807, 2.05) is 39.0 Å². The number of hydrogen-bond donors (Lipinski definition) is 1. The zero-order valence-corrected chi connectivity index (χ0v) is 19.3. The minimum atomic E-state index is -0.376. The molecule has 0 aliphatic heterocycles. The number of nitrogens with zero attached hydrogens (tertiary/aromatic N) is 2. The minimum absolute atomic E-state index is 0.181. The first kappa shape index (κ1) is 22.5. The number of aryl methyl sites for hydroxylation is 3. The Morgan fingerprint density at radius 3 is 2.70 bits per heavy atom. The Bertz CT molecular complexity index is 1280. The highest BCUT2D eigenvalue weighted by Gasteiger charge is 2.13. The molecule has 0 radical (unpaired) electrons. The number of ether oxygens (including phenoxy) is 2. The van der Waals surface area contributed by atoms with Crippen LogP contribution in [0.25, 0.3) is 0 Å². The predicted octanol–water partition coefficient (Wildman–Crippen LogP) is 5.92. The van der Waals surface area contributed by atoms with Crippen LogP contribution < -0.4 is 14.8 Å². The molecule has 0 unspecified atom stereocenters. The fourth-order valence-electron chi connectivity index (χ4n) is 3.23. The molecule has 170 valence electrons. The van der Waals surface area contributed by atoms with Crippen LogP contribution in [-0.2, 0) is 13.3 Å². The van der Waals surface area contributed by atoms with E-state index in [1.165, 1.54) is 5.56 Å². The van der Waals surface area contributed by atoms with Crippen molar-refractivity contribution in [3.8, 4) is 11.5 Å². The number of furan rings is 1. The quantitative estimate of drug-likeness (QED) is 0.349. The largest absolute Gasteiger partial charge is 0.486 e. The number of anilines is 1. The van der Waals surface area contributed by atoms with Gasteiger partial charge in [0.25, 0.3) is 5.91 Å². The maximum Gasteiger partial charge on any atom is 0.291 e. The summed E-state index contributed by atoms with van der Waals surface area (Å²) in [5.74, 6) is 1.81. The van der Waals surface area contributed by atoms with Crippen molar-refractivity contribution in [2.24, 2.45) is 0 Å². The first-order valence-corrected chi connectivity index (χ1v) is 10.8. The molecule has 1 amide bonds. The number of carbonyl (C=O) groups excluding carboxylic acids is 1. The van der Waals surface area contributed by atoms with E-state index in [-0.39, 0.29) is 25.0 Å². The Morgan fingerprint density at radius 2 is 1.91 bits per heavy atom. The standard InChI is InChI=1S/C25H24ClN3O4/c1-16-4-8-23(18(3)10-16)32-15-29-13-19(12-27-29)28-25(30)24-9-6-21(33-24)14-31-20-5-7-22(26)17(2)11-20/h4-13H,14-15H2,1-3H3,(H,28,30). The van der Waals surface area contributed by atoms with Gasteiger partial charge in [0.2, 0.25) is 0 Å². The number of benzene rings is 2. The van der Waals surface area contributed by atoms with Crippen LogP contribution in [0.15, 0.2) is 65.3 Å². The smallest absolute Gasteiger partial charge is 0.291 e. The third-order valence-corrected chi connectivity index (χ3v) is 5.39. The summed E-state index contributed by atoms with van der Waals surface area (Å²) < 4.78 is 18.7. The maximum atomic E-state index is 12.5. The average Bonchev–Trinajstić information content (AvgIpc) is 3.44. The summed E-state index contributed by atoms with van der Waals surface area (Å²) in [6, 6.07) is 14.7. The molecule has 0 saturated carbocycles. The van der Waals surface area contributed by atoms with Crippen molar-refractivity contribution in [2.45, 2.75) is 34.1 Å². The van der Waals surface area contributed by atoms with Crippen molar-refractivity contribution in [2.75, 3.05) is 5.32 Å². The van der Waals surface area contributed by atoms with Crippen molar-refractivity contribution in [1.82, 2.24) is 9.78 Å². The molecule has 2 aromatic carbocycles. The van der Waals surface area contributed by atoms with Crippen molar-refractivity contribution >= 4 is 23.2 Å². The second-order valence-electron chi connectivity index (χ2n) is 7.73. The van der Waals surface area contributed by atoms with Gasteiger partial charge in [0.05, 0.1) is 18.1 Å². The van der Waals surface area contributed by atoms with Gasteiger partial charge < -0.3 is 19.2 Å². The Labute approximate surface area is 196 Å². The highest BCUT2D eigenvalue weighted by molar-refractivity contribution is 6.31. The second-order valence-corrected chi connectivity index (χ2v) is 8.14. The van der Waals surface area contributed by atoms with E-state index in [4.69, 9.17) is 25.5 Å². The lowest BCUT2D eigenvalue weighted by Crippen LogP contribution is -2.10. The summed E-state index contributed by atoms with van der Waals surface area (Å²) >= 11 is 6.03. The fraction of sp³-hybridized carbons (Fsp3) is 0.200. The van der Waals surface area contributed by atoms with Crippen LogP contribution in [0.3, 0.4) is 0 Å². The van der Waals surface area contributed by atoms with E-state index in [1.54, 1.807) is 41.3 Å². The van der Waals surface area contributed by atoms with Crippen molar-refractivity contribution in [3.63, 3.8) is 0 Å². The molecule has 0 saturated heterocycles. The van der Waals surface area contributed by atoms with Gasteiger partial charge in [-0.2, -0.15) is 5.10 Å². The molecule has 8 heteroatoms. The molecule has 0 fully saturated rings. The summed E-state index contributed by atoms with van der Waals surface area (Å²) in [7, 11) is 0. The molecular weight excluding hydrogens is 442 g/mol. The highest BCUT2D eigenvalue weighted by atomic mass is 35.5. The van der Waals surface area contributed by atoms with Crippen LogP contribution in [0.5, 0.6) is 11.5 Å². The molecule has 4 rings (SSSR count). The Hall–Kier alpha value is -3.71. The van der Waals surface area contributed by atoms with E-state index < -0.39 is 0 Å². The second kappa shape index (κ2) is 9.83. The van der Waals surface area contributed by atoms with Crippen molar-refractivity contribution < 1.29 is 18.7 Å². The van der Waals surface area contributed by atoms with Gasteiger partial charge in [-0.1, -0.05) is 29.3 Å². The highest BCUT2D eigenvalue weighted by Crippen LogP contribution is 2.22. The number of aromatic nitrogens is 2. The zero-order chi connectivity index (χ0) is 23.4. The molecule has 1 N–H and O–H groups in total. The van der Waals surface area contributed by atoms with E-state index in [9.17, 15) is 4.79 Å². The molecule has 33 heavy (non-hydrogen) atoms. The van der Waals surface area contributed by atoms with Crippen molar-refractivity contribution in [1.29, 1.82) is 0 Å². The summed E-state index contributed by atoms with van der Waals surface area (Å²) in [4.78, 5) is 12.5. The first-order valence-electron chi connectivity index (χ1n) is 10.4. The molecule has 0 spiro atoms. The molecule has 4 aromatic rings. The maximum absolute atomic E-state index is 12.5. The van der Waals surface area contributed by atoms with Crippen LogP contribution >= 0.6 is 11.6 Å². The third-order valence-electron chi connectivity index (χ3n) is 4.97. The number of rotatable bonds is 8. The van der Waals surface area contributed by atoms with Crippen LogP contribution in [0.4, 0.5) is 5.69 Å². The number of amides is 1. The normalized spacial score (nSPS) is 10.8. The van der Waals surface area contributed by atoms with Gasteiger partial charge in [0.15, 0.2) is 12.5 Å². The van der Waals surface area contributed by atoms with Crippen LogP contribution in [-0.4, -0.2) is 15.7 Å². The van der Waals surface area contributed by atoms with Crippen LogP contribution in [0.1, 0.15) is 33.0 Å². The number of carbonyl (C=O) groups is 1. The number of halogens is 1. The van der Waals surface area contributed by atoms with Gasteiger partial charge in [-0.25, -0.2) is 4.68 Å². The Balaban J connectivity index is 1.30. The van der Waals surface area contributed by atoms with Gasteiger partial charge in [-0.3, -0.25) is 4.79 Å². The Kier molecular flexibility index (Phi) is 6.70. The van der Waals surface area contributed by atoms with Gasteiger partial charge >= 0.3 is 0 Å². The topological polar surface area (TPSA) is 78.5 Å². The summed E-state index contributed by atoms with van der Waals surface area (Å²) in [5, 5.41) is 7.67. The van der Waals surface area contributed by atoms with Gasteiger partial charge in [-0.15, -0.1) is 0 Å². The SMILES string of the molecule is Cc1ccc(OCn2cc(NC(=O)c3ccc(COc4ccc(Cl)c(C)c4)o3)cn2)c(C)c1. The zero-order valence-electron chi connectivity index (χ0n) is 18.6. The predicted molar refractivity (Wildman–Crippen MR) is 126 cm³/mol. The molecule has 2 heterocycles. The Morgan fingerprint density at radius 1 is 1.06 bits per heavy atom. The summed E-state index contributed by atoms with van der Waals surface area (Å²) in [5.41, 5.74) is 3.69. The minimum Gasteiger partial charge on any atom is -0.486 e. The molecule has 0 atom stereocenters. The van der Waals surface area contributed by atoms with Crippen LogP contribution in [0.2, 0.25) is 5.02 Å². The average molecular weight is 466 g/mol. The third kappa shape index (κ3) is 5.75. The number of hydrogen-bond acceptors (Lipinski definition) is 5. The molecule has 0 bridgehead atoms. The van der Waals surface area contributed by atoms with Crippen LogP contribution in [0, 0.1) is 20.8 Å². The van der Waals surface area contributed by atoms with Gasteiger partial charge in [0, 0.05) is 5.02 Å². The van der Waals surface area contributed by atoms with E-state index in [0.29, 0.717) is 22.2 Å². The number of nitrogens with one attached hydrogen (secondary N) is 1. The molecular formula is C25H24ClN3O4. The summed E-state index contributed by atoms with van der Waals surface area (Å²) in [6.45, 7) is 6.36. The van der Waals surface area contributed by atoms with Gasteiger partial charge in [-0.05, 0) is 68.3 Å². The molecule has 0 aliphatic carbocycles. The lowest BCUT2D eigenvalue weighted by Gasteiger charge is -2.09. The van der Waals surface area contributed by atoms with Crippen molar-refractivity contribution in [3.05, 3.63) is 94.2 Å². The fourth-order valence-corrected chi connectivity index (χ4v) is 3.34. The monoisotopic (exact) mass is 465 g/mol. The molecule has 7 nitrogen and oxygen atoms in total. The first-order chi connectivity index (χ1) is 15.9. The van der Waals surface area contributed by atoms with Gasteiger partial charge in [0.1, 0.15) is 23.9 Å². The lowest BCUT2D eigenvalue weighted by molar-refractivity contribution is 0.0992. The van der Waals surface area contributed by atoms with E-state index in [2.05, 4.69) is 16.5 Å². The van der Waals surface area contributed by atoms with E-state index >= 15 is 0 Å². The lowest BCUT2D eigenvalue weighted by atomic mass is 10.1. The molecule has 0 aliphatic rings. The van der Waals surface area contributed by atoms with E-state index in [0.717, 1.165) is 16.9 Å².